The van der Waals surface area contributed by atoms with Crippen molar-refractivity contribution >= 4 is 5.91 Å². The number of nitrogens with zero attached hydrogens (tertiary/aromatic N) is 1. The molecule has 1 amide bonds. The Morgan fingerprint density at radius 3 is 2.53 bits per heavy atom. The Hall–Kier alpha value is -1.42. The fourth-order valence-corrected chi connectivity index (χ4v) is 2.48. The van der Waals surface area contributed by atoms with Gasteiger partial charge in [0.15, 0.2) is 0 Å². The van der Waals surface area contributed by atoms with Crippen molar-refractivity contribution in [2.24, 2.45) is 5.92 Å². The van der Waals surface area contributed by atoms with Gasteiger partial charge in [0.1, 0.15) is 5.82 Å². The number of ether oxygens (including phenoxy) is 1. The molecule has 0 bridgehead atoms. The monoisotopic (exact) mass is 265 g/mol. The summed E-state index contributed by atoms with van der Waals surface area (Å²) in [5.41, 5.74) is 0.566. The highest BCUT2D eigenvalue weighted by atomic mass is 19.1. The summed E-state index contributed by atoms with van der Waals surface area (Å²) in [6.07, 6.45) is 3.11. The van der Waals surface area contributed by atoms with E-state index < -0.39 is 0 Å². The van der Waals surface area contributed by atoms with E-state index in [2.05, 4.69) is 0 Å². The first-order valence-electron chi connectivity index (χ1n) is 6.74. The summed E-state index contributed by atoms with van der Waals surface area (Å²) in [5.74, 6) is 0.345. The Morgan fingerprint density at radius 1 is 1.32 bits per heavy atom. The zero-order valence-corrected chi connectivity index (χ0v) is 11.3. The van der Waals surface area contributed by atoms with Crippen molar-refractivity contribution in [1.82, 2.24) is 4.90 Å². The number of piperidine rings is 1. The second-order valence-electron chi connectivity index (χ2n) is 5.02. The van der Waals surface area contributed by atoms with Crippen molar-refractivity contribution in [2.75, 3.05) is 26.8 Å². The molecule has 2 rings (SSSR count). The highest BCUT2D eigenvalue weighted by molar-refractivity contribution is 5.94. The van der Waals surface area contributed by atoms with Crippen LogP contribution >= 0.6 is 0 Å². The maximum atomic E-state index is 12.8. The third-order valence-corrected chi connectivity index (χ3v) is 3.72. The summed E-state index contributed by atoms with van der Waals surface area (Å²) >= 11 is 0. The summed E-state index contributed by atoms with van der Waals surface area (Å²) in [7, 11) is 1.72. The van der Waals surface area contributed by atoms with Gasteiger partial charge >= 0.3 is 0 Å². The largest absolute Gasteiger partial charge is 0.385 e. The van der Waals surface area contributed by atoms with E-state index in [1.807, 2.05) is 4.90 Å². The van der Waals surface area contributed by atoms with Crippen molar-refractivity contribution in [3.8, 4) is 0 Å². The van der Waals surface area contributed by atoms with Gasteiger partial charge in [0.05, 0.1) is 0 Å². The lowest BCUT2D eigenvalue weighted by molar-refractivity contribution is 0.0669. The van der Waals surface area contributed by atoms with Crippen molar-refractivity contribution < 1.29 is 13.9 Å². The van der Waals surface area contributed by atoms with Gasteiger partial charge < -0.3 is 9.64 Å². The molecule has 1 aliphatic rings. The van der Waals surface area contributed by atoms with E-state index in [9.17, 15) is 9.18 Å². The molecule has 0 radical (unpaired) electrons. The van der Waals surface area contributed by atoms with Crippen LogP contribution in [0.5, 0.6) is 0 Å². The highest BCUT2D eigenvalue weighted by Crippen LogP contribution is 2.21. The molecule has 104 valence electrons. The fraction of sp³-hybridized carbons (Fsp3) is 0.533. The number of carbonyl (C=O) groups is 1. The molecule has 1 saturated heterocycles. The molecule has 0 atom stereocenters. The number of methoxy groups -OCH3 is 1. The van der Waals surface area contributed by atoms with Crippen molar-refractivity contribution in [3.63, 3.8) is 0 Å². The Morgan fingerprint density at radius 2 is 1.95 bits per heavy atom. The molecule has 1 aromatic carbocycles. The molecule has 0 aliphatic carbocycles. The summed E-state index contributed by atoms with van der Waals surface area (Å²) in [5, 5.41) is 0. The molecule has 4 heteroatoms. The number of likely N-dealkylation sites (tertiary alicyclic amines) is 1. The van der Waals surface area contributed by atoms with Crippen LogP contribution in [0.4, 0.5) is 4.39 Å². The van der Waals surface area contributed by atoms with E-state index in [0.717, 1.165) is 39.0 Å². The van der Waals surface area contributed by atoms with Crippen LogP contribution in [-0.4, -0.2) is 37.6 Å². The van der Waals surface area contributed by atoms with Crippen LogP contribution in [0.3, 0.4) is 0 Å². The van der Waals surface area contributed by atoms with Crippen LogP contribution in [0.1, 0.15) is 29.6 Å². The second-order valence-corrected chi connectivity index (χ2v) is 5.02. The van der Waals surface area contributed by atoms with E-state index >= 15 is 0 Å². The molecule has 0 spiro atoms. The predicted molar refractivity (Wildman–Crippen MR) is 71.5 cm³/mol. The molecule has 0 N–H and O–H groups in total. The van der Waals surface area contributed by atoms with Crippen LogP contribution in [0, 0.1) is 11.7 Å². The summed E-state index contributed by atoms with van der Waals surface area (Å²) in [6.45, 7) is 2.35. The van der Waals surface area contributed by atoms with Gasteiger partial charge in [-0.2, -0.15) is 0 Å². The molecule has 19 heavy (non-hydrogen) atoms. The number of carbonyl (C=O) groups excluding carboxylic acids is 1. The quantitative estimate of drug-likeness (QED) is 0.837. The smallest absolute Gasteiger partial charge is 0.253 e. The molecule has 0 unspecified atom stereocenters. The van der Waals surface area contributed by atoms with E-state index in [1.165, 1.54) is 12.1 Å². The lowest BCUT2D eigenvalue weighted by atomic mass is 9.93. The van der Waals surface area contributed by atoms with Crippen molar-refractivity contribution in [2.45, 2.75) is 19.3 Å². The zero-order valence-electron chi connectivity index (χ0n) is 11.3. The van der Waals surface area contributed by atoms with Crippen molar-refractivity contribution in [1.29, 1.82) is 0 Å². The third kappa shape index (κ3) is 3.77. The van der Waals surface area contributed by atoms with E-state index in [4.69, 9.17) is 4.74 Å². The Bertz CT molecular complexity index is 411. The average Bonchev–Trinajstić information content (AvgIpc) is 2.46. The second kappa shape index (κ2) is 6.66. The van der Waals surface area contributed by atoms with E-state index in [1.54, 1.807) is 19.2 Å². The summed E-state index contributed by atoms with van der Waals surface area (Å²) in [6, 6.07) is 5.76. The van der Waals surface area contributed by atoms with Gasteiger partial charge in [-0.3, -0.25) is 4.79 Å². The number of hydrogen-bond donors (Lipinski definition) is 0. The summed E-state index contributed by atoms with van der Waals surface area (Å²) < 4.78 is 17.9. The molecule has 3 nitrogen and oxygen atoms in total. The Labute approximate surface area is 113 Å². The molecule has 1 fully saturated rings. The minimum absolute atomic E-state index is 0.00481. The maximum Gasteiger partial charge on any atom is 0.253 e. The van der Waals surface area contributed by atoms with Crippen LogP contribution < -0.4 is 0 Å². The normalized spacial score (nSPS) is 16.6. The zero-order chi connectivity index (χ0) is 13.7. The molecule has 1 aromatic rings. The van der Waals surface area contributed by atoms with Crippen LogP contribution in [0.2, 0.25) is 0 Å². The SMILES string of the molecule is COCCC1CCN(C(=O)c2ccc(F)cc2)CC1. The van der Waals surface area contributed by atoms with E-state index in [0.29, 0.717) is 11.5 Å². The molecular formula is C15H20FNO2. The minimum atomic E-state index is -0.310. The number of hydrogen-bond acceptors (Lipinski definition) is 2. The van der Waals surface area contributed by atoms with Gasteiger partial charge in [-0.25, -0.2) is 4.39 Å². The standard InChI is InChI=1S/C15H20FNO2/c1-19-11-8-12-6-9-17(10-7-12)15(18)13-2-4-14(16)5-3-13/h2-5,12H,6-11H2,1H3. The Kier molecular flexibility index (Phi) is 4.91. The first kappa shape index (κ1) is 14.0. The minimum Gasteiger partial charge on any atom is -0.385 e. The van der Waals surface area contributed by atoms with Gasteiger partial charge in [-0.15, -0.1) is 0 Å². The molecule has 0 saturated carbocycles. The van der Waals surface area contributed by atoms with Crippen LogP contribution in [-0.2, 0) is 4.74 Å². The number of amides is 1. The molecule has 1 aliphatic heterocycles. The lowest BCUT2D eigenvalue weighted by Crippen LogP contribution is -2.38. The third-order valence-electron chi connectivity index (χ3n) is 3.72. The highest BCUT2D eigenvalue weighted by Gasteiger charge is 2.23. The predicted octanol–water partition coefficient (Wildman–Crippen LogP) is 2.71. The molecular weight excluding hydrogens is 245 g/mol. The summed E-state index contributed by atoms with van der Waals surface area (Å²) in [4.78, 5) is 14.1. The first-order valence-corrected chi connectivity index (χ1v) is 6.74. The number of rotatable bonds is 4. The molecule has 0 aromatic heterocycles. The van der Waals surface area contributed by atoms with Gasteiger partial charge in [0.25, 0.3) is 5.91 Å². The number of halogens is 1. The lowest BCUT2D eigenvalue weighted by Gasteiger charge is -2.32. The maximum absolute atomic E-state index is 12.8. The van der Waals surface area contributed by atoms with Crippen LogP contribution in [0.15, 0.2) is 24.3 Å². The molecule has 1 heterocycles. The van der Waals surface area contributed by atoms with Crippen molar-refractivity contribution in [3.05, 3.63) is 35.6 Å². The van der Waals surface area contributed by atoms with Crippen LogP contribution in [0.25, 0.3) is 0 Å². The van der Waals surface area contributed by atoms with Gasteiger partial charge in [-0.1, -0.05) is 0 Å². The fourth-order valence-electron chi connectivity index (χ4n) is 2.48. The average molecular weight is 265 g/mol. The first-order chi connectivity index (χ1) is 9.20. The topological polar surface area (TPSA) is 29.5 Å². The van der Waals surface area contributed by atoms with Gasteiger partial charge in [-0.05, 0) is 49.4 Å². The Balaban J connectivity index is 1.87. The number of benzene rings is 1. The van der Waals surface area contributed by atoms with E-state index in [-0.39, 0.29) is 11.7 Å². The van der Waals surface area contributed by atoms with Gasteiger partial charge in [0, 0.05) is 32.4 Å². The van der Waals surface area contributed by atoms with Gasteiger partial charge in [0.2, 0.25) is 0 Å².